The highest BCUT2D eigenvalue weighted by Crippen LogP contribution is 2.40. The average Bonchev–Trinajstić information content (AvgIpc) is 2.90. The predicted octanol–water partition coefficient (Wildman–Crippen LogP) is 4.61. The minimum Gasteiger partial charge on any atom is -0.465 e. The number of ether oxygens (including phenoxy) is 1. The molecule has 0 radical (unpaired) electrons. The largest absolute Gasteiger partial charge is 0.465 e. The van der Waals surface area contributed by atoms with Gasteiger partial charge in [-0.3, -0.25) is 0 Å². The van der Waals surface area contributed by atoms with Crippen molar-refractivity contribution in [1.82, 2.24) is 0 Å². The summed E-state index contributed by atoms with van der Waals surface area (Å²) in [5.41, 5.74) is 2.18. The van der Waals surface area contributed by atoms with E-state index >= 15 is 0 Å². The number of fused-ring (bicyclic) bond motifs is 1. The third-order valence-electron chi connectivity index (χ3n) is 4.21. The highest BCUT2D eigenvalue weighted by atomic mass is 32.1. The first-order valence-electron chi connectivity index (χ1n) is 8.04. The van der Waals surface area contributed by atoms with Crippen LogP contribution < -0.4 is 10.6 Å². The van der Waals surface area contributed by atoms with Gasteiger partial charge in [0.2, 0.25) is 0 Å². The van der Waals surface area contributed by atoms with E-state index in [0.29, 0.717) is 27.3 Å². The quantitative estimate of drug-likeness (QED) is 0.603. The first-order valence-corrected chi connectivity index (χ1v) is 9.26. The molecule has 7 heteroatoms. The molecule has 0 fully saturated rings. The van der Waals surface area contributed by atoms with Crippen LogP contribution in [0, 0.1) is 11.7 Å². The van der Waals surface area contributed by atoms with E-state index in [1.54, 1.807) is 12.1 Å². The van der Waals surface area contributed by atoms with Gasteiger partial charge in [0.25, 0.3) is 0 Å². The van der Waals surface area contributed by atoms with Crippen LogP contribution in [-0.2, 0) is 17.6 Å². The molecule has 0 saturated carbocycles. The van der Waals surface area contributed by atoms with Crippen LogP contribution in [0.15, 0.2) is 24.3 Å². The number of hydrogen-bond donors (Lipinski definition) is 2. The second kappa shape index (κ2) is 7.49. The van der Waals surface area contributed by atoms with Crippen molar-refractivity contribution in [3.8, 4) is 0 Å². The van der Waals surface area contributed by atoms with Gasteiger partial charge in [-0.25, -0.2) is 9.18 Å². The third-order valence-corrected chi connectivity index (χ3v) is 5.58. The highest BCUT2D eigenvalue weighted by molar-refractivity contribution is 7.80. The lowest BCUT2D eigenvalue weighted by Crippen LogP contribution is -2.20. The average molecular weight is 378 g/mol. The Morgan fingerprint density at radius 2 is 2.20 bits per heavy atom. The number of thiocarbonyl (C=S) groups is 1. The molecule has 3 rings (SSSR count). The molecule has 0 saturated heterocycles. The van der Waals surface area contributed by atoms with E-state index in [4.69, 9.17) is 17.0 Å². The lowest BCUT2D eigenvalue weighted by atomic mass is 9.88. The first-order chi connectivity index (χ1) is 12.0. The van der Waals surface area contributed by atoms with Crippen LogP contribution in [0.25, 0.3) is 0 Å². The van der Waals surface area contributed by atoms with Gasteiger partial charge in [0, 0.05) is 10.6 Å². The third kappa shape index (κ3) is 3.99. The van der Waals surface area contributed by atoms with Gasteiger partial charge in [-0.15, -0.1) is 11.3 Å². The summed E-state index contributed by atoms with van der Waals surface area (Å²) < 4.78 is 18.2. The number of rotatable bonds is 3. The molecular formula is C18H19FN2O2S2. The Morgan fingerprint density at radius 1 is 1.40 bits per heavy atom. The Kier molecular flexibility index (Phi) is 5.34. The van der Waals surface area contributed by atoms with Gasteiger partial charge >= 0.3 is 5.97 Å². The Hall–Kier alpha value is -1.99. The van der Waals surface area contributed by atoms with Crippen LogP contribution in [0.1, 0.15) is 34.1 Å². The number of carbonyl (C=O) groups excluding carboxylic acids is 1. The van der Waals surface area contributed by atoms with Crippen LogP contribution in [0.2, 0.25) is 0 Å². The summed E-state index contributed by atoms with van der Waals surface area (Å²) in [7, 11) is 1.38. The molecule has 1 atom stereocenters. The Bertz CT molecular complexity index is 819. The van der Waals surface area contributed by atoms with Gasteiger partial charge in [-0.1, -0.05) is 13.0 Å². The molecule has 0 bridgehead atoms. The summed E-state index contributed by atoms with van der Waals surface area (Å²) in [6.45, 7) is 2.21. The molecule has 2 aromatic rings. The van der Waals surface area contributed by atoms with Crippen molar-refractivity contribution >= 4 is 45.3 Å². The molecule has 0 spiro atoms. The number of thiophene rings is 1. The summed E-state index contributed by atoms with van der Waals surface area (Å²) in [5, 5.41) is 7.01. The van der Waals surface area contributed by atoms with Crippen molar-refractivity contribution < 1.29 is 13.9 Å². The van der Waals surface area contributed by atoms with Crippen LogP contribution in [0.5, 0.6) is 0 Å². The van der Waals surface area contributed by atoms with Crippen molar-refractivity contribution in [1.29, 1.82) is 0 Å². The Morgan fingerprint density at radius 3 is 2.92 bits per heavy atom. The molecule has 2 N–H and O–H groups in total. The molecule has 0 amide bonds. The zero-order valence-corrected chi connectivity index (χ0v) is 15.7. The number of halogens is 1. The van der Waals surface area contributed by atoms with Crippen molar-refractivity contribution in [3.05, 3.63) is 46.1 Å². The molecule has 1 aromatic carbocycles. The number of nitrogens with one attached hydrogen (secondary N) is 2. The summed E-state index contributed by atoms with van der Waals surface area (Å²) in [6, 6.07) is 6.05. The van der Waals surface area contributed by atoms with Crippen molar-refractivity contribution in [2.24, 2.45) is 5.92 Å². The van der Waals surface area contributed by atoms with Gasteiger partial charge in [0.15, 0.2) is 5.11 Å². The molecule has 4 nitrogen and oxygen atoms in total. The monoisotopic (exact) mass is 378 g/mol. The van der Waals surface area contributed by atoms with E-state index in [1.807, 2.05) is 0 Å². The van der Waals surface area contributed by atoms with Gasteiger partial charge in [0.1, 0.15) is 10.8 Å². The smallest absolute Gasteiger partial charge is 0.341 e. The minimum atomic E-state index is -0.358. The van der Waals surface area contributed by atoms with E-state index in [-0.39, 0.29) is 11.8 Å². The van der Waals surface area contributed by atoms with Gasteiger partial charge in [-0.05, 0) is 61.2 Å². The standard InChI is InChI=1S/C18H19FN2O2S2/c1-10-6-7-13-14(8-10)25-16(15(13)17(22)23-2)21-18(24)20-12-5-3-4-11(19)9-12/h3-5,9-10H,6-8H2,1-2H3,(H2,20,21,24). The van der Waals surface area contributed by atoms with E-state index < -0.39 is 0 Å². The maximum atomic E-state index is 13.3. The normalized spacial score (nSPS) is 16.0. The van der Waals surface area contributed by atoms with Gasteiger partial charge in [0.05, 0.1) is 12.7 Å². The fourth-order valence-corrected chi connectivity index (χ4v) is 4.68. The number of hydrogen-bond acceptors (Lipinski definition) is 4. The number of anilines is 2. The number of benzene rings is 1. The number of carbonyl (C=O) groups is 1. The Balaban J connectivity index is 1.84. The molecule has 0 aliphatic heterocycles. The van der Waals surface area contributed by atoms with Crippen molar-refractivity contribution in [2.45, 2.75) is 26.2 Å². The SMILES string of the molecule is COC(=O)c1c(NC(=S)Nc2cccc(F)c2)sc2c1CCC(C)C2. The fraction of sp³-hybridized carbons (Fsp3) is 0.333. The zero-order chi connectivity index (χ0) is 18.0. The highest BCUT2D eigenvalue weighted by Gasteiger charge is 2.28. The van der Waals surface area contributed by atoms with E-state index in [2.05, 4.69) is 17.6 Å². The van der Waals surface area contributed by atoms with Crippen LogP contribution in [-0.4, -0.2) is 18.2 Å². The molecule has 132 valence electrons. The molecule has 1 aliphatic rings. The van der Waals surface area contributed by atoms with Gasteiger partial charge < -0.3 is 15.4 Å². The van der Waals surface area contributed by atoms with Crippen molar-refractivity contribution in [2.75, 3.05) is 17.7 Å². The summed E-state index contributed by atoms with van der Waals surface area (Å²) >= 11 is 6.86. The van der Waals surface area contributed by atoms with Crippen LogP contribution in [0.4, 0.5) is 15.1 Å². The lowest BCUT2D eigenvalue weighted by Gasteiger charge is -2.18. The van der Waals surface area contributed by atoms with Crippen LogP contribution in [0.3, 0.4) is 0 Å². The number of esters is 1. The molecule has 1 aliphatic carbocycles. The fourth-order valence-electron chi connectivity index (χ4n) is 2.99. The zero-order valence-electron chi connectivity index (χ0n) is 14.0. The maximum Gasteiger partial charge on any atom is 0.341 e. The Labute approximate surface area is 155 Å². The van der Waals surface area contributed by atoms with E-state index in [9.17, 15) is 9.18 Å². The topological polar surface area (TPSA) is 50.4 Å². The summed E-state index contributed by atoms with van der Waals surface area (Å²) in [4.78, 5) is 13.5. The number of methoxy groups -OCH3 is 1. The molecule has 1 heterocycles. The first kappa shape index (κ1) is 17.8. The molecule has 1 unspecified atom stereocenters. The minimum absolute atomic E-state index is 0.308. The molecule has 25 heavy (non-hydrogen) atoms. The maximum absolute atomic E-state index is 13.3. The summed E-state index contributed by atoms with van der Waals surface area (Å²) in [5.74, 6) is -0.103. The van der Waals surface area contributed by atoms with Crippen molar-refractivity contribution in [3.63, 3.8) is 0 Å². The lowest BCUT2D eigenvalue weighted by molar-refractivity contribution is 0.0601. The van der Waals surface area contributed by atoms with E-state index in [1.165, 1.54) is 35.5 Å². The second-order valence-electron chi connectivity index (χ2n) is 6.14. The van der Waals surface area contributed by atoms with E-state index in [0.717, 1.165) is 24.8 Å². The summed E-state index contributed by atoms with van der Waals surface area (Å²) in [6.07, 6.45) is 2.87. The second-order valence-corrected chi connectivity index (χ2v) is 7.65. The van der Waals surface area contributed by atoms with Gasteiger partial charge in [-0.2, -0.15) is 0 Å². The van der Waals surface area contributed by atoms with Crippen LogP contribution >= 0.6 is 23.6 Å². The molecular weight excluding hydrogens is 359 g/mol. The molecule has 1 aromatic heterocycles. The predicted molar refractivity (Wildman–Crippen MR) is 103 cm³/mol.